The van der Waals surface area contributed by atoms with Crippen molar-refractivity contribution in [3.05, 3.63) is 51.1 Å². The third-order valence-electron chi connectivity index (χ3n) is 4.67. The number of ether oxygens (including phenoxy) is 1. The Morgan fingerprint density at radius 2 is 2.10 bits per heavy atom. The summed E-state index contributed by atoms with van der Waals surface area (Å²) in [7, 11) is 1.48. The molecule has 1 unspecified atom stereocenters. The van der Waals surface area contributed by atoms with Crippen molar-refractivity contribution >= 4 is 34.9 Å². The fourth-order valence-corrected chi connectivity index (χ4v) is 3.74. The van der Waals surface area contributed by atoms with Gasteiger partial charge in [-0.15, -0.1) is 0 Å². The number of hydrogen-bond donors (Lipinski definition) is 3. The molecule has 0 spiro atoms. The number of amides is 2. The van der Waals surface area contributed by atoms with Crippen LogP contribution in [0.25, 0.3) is 0 Å². The van der Waals surface area contributed by atoms with E-state index in [9.17, 15) is 23.1 Å². The Kier molecular flexibility index (Phi) is 5.84. The molecule has 0 saturated carbocycles. The third kappa shape index (κ3) is 4.08. The van der Waals surface area contributed by atoms with Crippen LogP contribution >= 0.6 is 23.2 Å². The normalized spacial score (nSPS) is 18.3. The molecule has 0 fully saturated rings. The van der Waals surface area contributed by atoms with Crippen LogP contribution in [0.3, 0.4) is 0 Å². The van der Waals surface area contributed by atoms with E-state index < -0.39 is 29.8 Å². The largest absolute Gasteiger partial charge is 0.481 e. The smallest absolute Gasteiger partial charge is 0.421 e. The van der Waals surface area contributed by atoms with E-state index in [1.54, 1.807) is 12.1 Å². The van der Waals surface area contributed by atoms with Gasteiger partial charge >= 0.3 is 12.2 Å². The lowest BCUT2D eigenvalue weighted by Gasteiger charge is -2.27. The van der Waals surface area contributed by atoms with Crippen molar-refractivity contribution in [2.75, 3.05) is 12.4 Å². The second-order valence-electron chi connectivity index (χ2n) is 6.45. The number of carbonyl (C=O) groups is 1. The molecule has 2 aromatic rings. The molecule has 1 aliphatic carbocycles. The fraction of sp³-hybridized carbons (Fsp3) is 0.333. The minimum atomic E-state index is -4.87. The number of halogens is 5. The number of hydrogen-bond acceptors (Lipinski definition) is 4. The molecule has 1 atom stereocenters. The Bertz CT molecular complexity index is 939. The molecule has 2 amide bonds. The lowest BCUT2D eigenvalue weighted by Crippen LogP contribution is -2.40. The van der Waals surface area contributed by atoms with Gasteiger partial charge in [-0.1, -0.05) is 29.3 Å². The van der Waals surface area contributed by atoms with Gasteiger partial charge in [0.2, 0.25) is 5.88 Å². The average Bonchev–Trinajstić information content (AvgIpc) is 3.02. The van der Waals surface area contributed by atoms with Crippen molar-refractivity contribution in [2.45, 2.75) is 31.2 Å². The van der Waals surface area contributed by atoms with Crippen LogP contribution in [-0.4, -0.2) is 29.4 Å². The Morgan fingerprint density at radius 3 is 2.69 bits per heavy atom. The van der Waals surface area contributed by atoms with Gasteiger partial charge in [0.15, 0.2) is 5.60 Å². The number of alkyl halides is 3. The molecule has 3 rings (SSSR count). The van der Waals surface area contributed by atoms with Crippen LogP contribution in [0.1, 0.15) is 23.1 Å². The van der Waals surface area contributed by atoms with Crippen molar-refractivity contribution in [2.24, 2.45) is 0 Å². The molecule has 0 radical (unpaired) electrons. The van der Waals surface area contributed by atoms with Crippen molar-refractivity contribution in [1.82, 2.24) is 10.3 Å². The number of anilines is 1. The van der Waals surface area contributed by atoms with Crippen molar-refractivity contribution < 1.29 is 27.8 Å². The van der Waals surface area contributed by atoms with Gasteiger partial charge in [0.25, 0.3) is 0 Å². The number of nitrogens with zero attached hydrogens (tertiary/aromatic N) is 1. The zero-order chi connectivity index (χ0) is 21.4. The first-order chi connectivity index (χ1) is 13.6. The lowest BCUT2D eigenvalue weighted by atomic mass is 9.95. The average molecular weight is 450 g/mol. The summed E-state index contributed by atoms with van der Waals surface area (Å²) in [5.41, 5.74) is -2.63. The second-order valence-corrected chi connectivity index (χ2v) is 7.23. The van der Waals surface area contributed by atoms with Gasteiger partial charge in [-0.25, -0.2) is 9.78 Å². The summed E-state index contributed by atoms with van der Waals surface area (Å²) in [6.07, 6.45) is -4.02. The molecular weight excluding hydrogens is 434 g/mol. The number of aliphatic hydroxyl groups is 1. The van der Waals surface area contributed by atoms with E-state index in [4.69, 9.17) is 27.9 Å². The van der Waals surface area contributed by atoms with Crippen LogP contribution < -0.4 is 15.4 Å². The van der Waals surface area contributed by atoms with Gasteiger partial charge in [0, 0.05) is 18.8 Å². The summed E-state index contributed by atoms with van der Waals surface area (Å²) >= 11 is 12.3. The minimum absolute atomic E-state index is 0.0242. The predicted molar refractivity (Wildman–Crippen MR) is 101 cm³/mol. The highest BCUT2D eigenvalue weighted by Gasteiger charge is 2.58. The number of rotatable bonds is 4. The number of fused-ring (bicyclic) bond motifs is 1. The zero-order valence-corrected chi connectivity index (χ0v) is 16.5. The molecule has 1 aromatic heterocycles. The molecule has 1 heterocycles. The van der Waals surface area contributed by atoms with E-state index in [-0.39, 0.29) is 34.3 Å². The molecule has 29 heavy (non-hydrogen) atoms. The Balaban J connectivity index is 1.75. The van der Waals surface area contributed by atoms with Crippen LogP contribution in [-0.2, 0) is 18.6 Å². The standard InChI is InChI=1S/C18H16Cl2F3N3O3/c1-29-13-3-2-9(7-24-13)8-25-16(27)26-15-12(19)6-11-10(14(15)20)4-5-17(11,28)18(21,22)23/h2-3,6-7,28H,4-5,8H2,1H3,(H2,25,26,27). The Labute approximate surface area is 174 Å². The molecule has 6 nitrogen and oxygen atoms in total. The maximum Gasteiger partial charge on any atom is 0.421 e. The van der Waals surface area contributed by atoms with Gasteiger partial charge in [-0.05, 0) is 35.6 Å². The number of benzene rings is 1. The van der Waals surface area contributed by atoms with Crippen LogP contribution in [0.2, 0.25) is 10.0 Å². The summed E-state index contributed by atoms with van der Waals surface area (Å²) in [4.78, 5) is 16.2. The first kappa shape index (κ1) is 21.5. The second kappa shape index (κ2) is 7.89. The van der Waals surface area contributed by atoms with E-state index in [0.717, 1.165) is 6.07 Å². The van der Waals surface area contributed by atoms with Gasteiger partial charge < -0.3 is 20.5 Å². The molecule has 0 saturated heterocycles. The SMILES string of the molecule is COc1ccc(CNC(=O)Nc2c(Cl)cc3c(c2Cl)CCC3(O)C(F)(F)F)cn1. The number of aromatic nitrogens is 1. The first-order valence-corrected chi connectivity index (χ1v) is 9.16. The van der Waals surface area contributed by atoms with E-state index in [1.807, 2.05) is 0 Å². The molecular formula is C18H16Cl2F3N3O3. The summed E-state index contributed by atoms with van der Waals surface area (Å²) in [6.45, 7) is 0.136. The van der Waals surface area contributed by atoms with Crippen LogP contribution in [0, 0.1) is 0 Å². The van der Waals surface area contributed by atoms with Gasteiger partial charge in [0.05, 0.1) is 22.8 Å². The van der Waals surface area contributed by atoms with E-state index in [1.165, 1.54) is 13.3 Å². The minimum Gasteiger partial charge on any atom is -0.481 e. The topological polar surface area (TPSA) is 83.5 Å². The van der Waals surface area contributed by atoms with Crippen LogP contribution in [0.4, 0.5) is 23.7 Å². The molecule has 1 aliphatic rings. The maximum atomic E-state index is 13.3. The highest BCUT2D eigenvalue weighted by atomic mass is 35.5. The van der Waals surface area contributed by atoms with Crippen LogP contribution in [0.5, 0.6) is 5.88 Å². The monoisotopic (exact) mass is 449 g/mol. The first-order valence-electron chi connectivity index (χ1n) is 8.41. The van der Waals surface area contributed by atoms with Gasteiger partial charge in [-0.2, -0.15) is 13.2 Å². The molecule has 3 N–H and O–H groups in total. The Hall–Kier alpha value is -2.23. The van der Waals surface area contributed by atoms with E-state index in [2.05, 4.69) is 15.6 Å². The highest BCUT2D eigenvalue weighted by Crippen LogP contribution is 2.52. The van der Waals surface area contributed by atoms with Crippen molar-refractivity contribution in [1.29, 1.82) is 0 Å². The van der Waals surface area contributed by atoms with E-state index in [0.29, 0.717) is 11.4 Å². The predicted octanol–water partition coefficient (Wildman–Crippen LogP) is 4.41. The highest BCUT2D eigenvalue weighted by molar-refractivity contribution is 6.40. The summed E-state index contributed by atoms with van der Waals surface area (Å²) in [5, 5.41) is 14.8. The maximum absolute atomic E-state index is 13.3. The fourth-order valence-electron chi connectivity index (χ4n) is 3.10. The Morgan fingerprint density at radius 1 is 1.38 bits per heavy atom. The van der Waals surface area contributed by atoms with Crippen molar-refractivity contribution in [3.63, 3.8) is 0 Å². The molecule has 0 bridgehead atoms. The van der Waals surface area contributed by atoms with Gasteiger partial charge in [0.1, 0.15) is 0 Å². The molecule has 0 aliphatic heterocycles. The molecule has 11 heteroatoms. The summed E-state index contributed by atoms with van der Waals surface area (Å²) < 4.78 is 44.8. The van der Waals surface area contributed by atoms with Crippen LogP contribution in [0.15, 0.2) is 24.4 Å². The number of nitrogens with one attached hydrogen (secondary N) is 2. The molecule has 156 valence electrons. The zero-order valence-electron chi connectivity index (χ0n) is 15.0. The molecule has 1 aromatic carbocycles. The number of urea groups is 1. The number of methoxy groups -OCH3 is 1. The lowest BCUT2D eigenvalue weighted by molar-refractivity contribution is -0.265. The number of carbonyl (C=O) groups excluding carboxylic acids is 1. The number of pyridine rings is 1. The summed E-state index contributed by atoms with van der Waals surface area (Å²) in [6, 6.07) is 3.67. The van der Waals surface area contributed by atoms with Crippen molar-refractivity contribution in [3.8, 4) is 5.88 Å². The van der Waals surface area contributed by atoms with Gasteiger partial charge in [-0.3, -0.25) is 0 Å². The quantitative estimate of drug-likeness (QED) is 0.645. The summed E-state index contributed by atoms with van der Waals surface area (Å²) in [5.74, 6) is 0.425. The third-order valence-corrected chi connectivity index (χ3v) is 5.38. The van der Waals surface area contributed by atoms with E-state index >= 15 is 0 Å².